The zero-order chi connectivity index (χ0) is 24.9. The van der Waals surface area contributed by atoms with Gasteiger partial charge in [0, 0.05) is 31.1 Å². The summed E-state index contributed by atoms with van der Waals surface area (Å²) in [6.45, 7) is -0.357. The number of carbonyl (C=O) groups is 2. The molecule has 0 atom stereocenters. The molecule has 0 aliphatic heterocycles. The molecule has 8 nitrogen and oxygen atoms in total. The average molecular weight is 497 g/mol. The van der Waals surface area contributed by atoms with Gasteiger partial charge in [-0.05, 0) is 42.5 Å². The van der Waals surface area contributed by atoms with Crippen molar-refractivity contribution < 1.29 is 32.0 Å². The van der Waals surface area contributed by atoms with Gasteiger partial charge in [-0.3, -0.25) is 9.59 Å². The third-order valence-electron chi connectivity index (χ3n) is 4.73. The fourth-order valence-electron chi connectivity index (χ4n) is 2.94. The van der Waals surface area contributed by atoms with E-state index in [4.69, 9.17) is 20.9 Å². The highest BCUT2D eigenvalue weighted by Crippen LogP contribution is 2.36. The van der Waals surface area contributed by atoms with Crippen LogP contribution in [0.2, 0.25) is 5.02 Å². The number of likely N-dealkylation sites (N-methyl/N-ethyl adjacent to an activating group) is 1. The summed E-state index contributed by atoms with van der Waals surface area (Å²) in [6.07, 6.45) is -4.51. The first-order chi connectivity index (χ1) is 16.1. The predicted octanol–water partition coefficient (Wildman–Crippen LogP) is 4.45. The van der Waals surface area contributed by atoms with Gasteiger partial charge < -0.3 is 19.5 Å². The van der Waals surface area contributed by atoms with E-state index in [2.05, 4.69) is 15.5 Å². The van der Waals surface area contributed by atoms with E-state index in [0.29, 0.717) is 17.1 Å². The summed E-state index contributed by atoms with van der Waals surface area (Å²) in [6, 6.07) is 10.1. The molecular weight excluding hydrogens is 477 g/mol. The van der Waals surface area contributed by atoms with Gasteiger partial charge in [0.2, 0.25) is 23.5 Å². The highest BCUT2D eigenvalue weighted by molar-refractivity contribution is 6.31. The number of aryl methyl sites for hydroxylation is 1. The predicted molar refractivity (Wildman–Crippen MR) is 117 cm³/mol. The van der Waals surface area contributed by atoms with Crippen molar-refractivity contribution in [3.8, 4) is 17.1 Å². The van der Waals surface area contributed by atoms with Crippen LogP contribution in [0.3, 0.4) is 0 Å². The van der Waals surface area contributed by atoms with Crippen LogP contribution < -0.4 is 10.1 Å². The Balaban J connectivity index is 1.51. The molecule has 2 amide bonds. The Labute approximate surface area is 197 Å². The number of aromatic nitrogens is 2. The van der Waals surface area contributed by atoms with Gasteiger partial charge >= 0.3 is 6.18 Å². The molecule has 180 valence electrons. The zero-order valence-electron chi connectivity index (χ0n) is 18.1. The molecule has 1 N–H and O–H groups in total. The summed E-state index contributed by atoms with van der Waals surface area (Å²) < 4.78 is 49.2. The Kier molecular flexibility index (Phi) is 7.77. The van der Waals surface area contributed by atoms with Crippen molar-refractivity contribution in [2.45, 2.75) is 19.0 Å². The fourth-order valence-corrected chi connectivity index (χ4v) is 3.17. The van der Waals surface area contributed by atoms with Gasteiger partial charge in [0.1, 0.15) is 5.75 Å². The molecule has 0 saturated heterocycles. The SMILES string of the molecule is COc1ccc(-c2noc(CCC(=O)N(C)CC(=O)Nc3ccc(Cl)c(C(F)(F)F)c3)n2)cc1. The lowest BCUT2D eigenvalue weighted by Crippen LogP contribution is -2.35. The summed E-state index contributed by atoms with van der Waals surface area (Å²) in [5.74, 6) is 0.246. The van der Waals surface area contributed by atoms with Crippen molar-refractivity contribution in [2.24, 2.45) is 0 Å². The quantitative estimate of drug-likeness (QED) is 0.495. The Morgan fingerprint density at radius 2 is 1.88 bits per heavy atom. The number of nitrogens with zero attached hydrogens (tertiary/aromatic N) is 3. The number of carbonyl (C=O) groups excluding carboxylic acids is 2. The Bertz CT molecular complexity index is 1170. The third-order valence-corrected chi connectivity index (χ3v) is 5.06. The van der Waals surface area contributed by atoms with Gasteiger partial charge in [-0.2, -0.15) is 18.2 Å². The molecule has 0 bridgehead atoms. The maximum absolute atomic E-state index is 13.0. The molecule has 3 aromatic rings. The van der Waals surface area contributed by atoms with Crippen molar-refractivity contribution in [2.75, 3.05) is 26.0 Å². The number of halogens is 4. The van der Waals surface area contributed by atoms with Gasteiger partial charge in [0.25, 0.3) is 0 Å². The number of anilines is 1. The lowest BCUT2D eigenvalue weighted by Gasteiger charge is -2.17. The van der Waals surface area contributed by atoms with Crippen LogP contribution in [0.5, 0.6) is 5.75 Å². The topological polar surface area (TPSA) is 97.6 Å². The average Bonchev–Trinajstić information content (AvgIpc) is 3.27. The molecule has 34 heavy (non-hydrogen) atoms. The van der Waals surface area contributed by atoms with Crippen LogP contribution in [0.15, 0.2) is 47.0 Å². The van der Waals surface area contributed by atoms with Gasteiger partial charge in [-0.25, -0.2) is 0 Å². The first-order valence-corrected chi connectivity index (χ1v) is 10.3. The molecule has 3 rings (SSSR count). The van der Waals surface area contributed by atoms with Crippen LogP contribution in [0, 0.1) is 0 Å². The molecule has 0 radical (unpaired) electrons. The Hall–Kier alpha value is -3.60. The number of alkyl halides is 3. The van der Waals surface area contributed by atoms with Gasteiger partial charge in [-0.1, -0.05) is 16.8 Å². The third kappa shape index (κ3) is 6.47. The second kappa shape index (κ2) is 10.6. The van der Waals surface area contributed by atoms with E-state index in [9.17, 15) is 22.8 Å². The van der Waals surface area contributed by atoms with E-state index in [1.807, 2.05) is 0 Å². The zero-order valence-corrected chi connectivity index (χ0v) is 18.9. The van der Waals surface area contributed by atoms with Crippen molar-refractivity contribution >= 4 is 29.1 Å². The monoisotopic (exact) mass is 496 g/mol. The Morgan fingerprint density at radius 3 is 2.53 bits per heavy atom. The highest BCUT2D eigenvalue weighted by Gasteiger charge is 2.33. The van der Waals surface area contributed by atoms with Crippen molar-refractivity contribution in [1.82, 2.24) is 15.0 Å². The maximum atomic E-state index is 13.0. The van der Waals surface area contributed by atoms with Crippen LogP contribution in [-0.4, -0.2) is 47.6 Å². The molecule has 2 aromatic carbocycles. The summed E-state index contributed by atoms with van der Waals surface area (Å²) in [4.78, 5) is 29.9. The molecule has 0 saturated carbocycles. The van der Waals surface area contributed by atoms with Crippen LogP contribution in [0.4, 0.5) is 18.9 Å². The smallest absolute Gasteiger partial charge is 0.417 e. The van der Waals surface area contributed by atoms with E-state index in [1.54, 1.807) is 31.4 Å². The molecule has 0 fully saturated rings. The first-order valence-electron chi connectivity index (χ1n) is 9.94. The highest BCUT2D eigenvalue weighted by atomic mass is 35.5. The number of ether oxygens (including phenoxy) is 1. The normalized spacial score (nSPS) is 11.2. The van der Waals surface area contributed by atoms with Crippen LogP contribution in [-0.2, 0) is 22.2 Å². The van der Waals surface area contributed by atoms with Gasteiger partial charge in [-0.15, -0.1) is 0 Å². The number of hydrogen-bond acceptors (Lipinski definition) is 6. The van der Waals surface area contributed by atoms with Crippen LogP contribution >= 0.6 is 11.6 Å². The molecule has 1 aromatic heterocycles. The summed E-state index contributed by atoms with van der Waals surface area (Å²) in [5.41, 5.74) is -0.434. The maximum Gasteiger partial charge on any atom is 0.417 e. The number of methoxy groups -OCH3 is 1. The molecule has 1 heterocycles. The van der Waals surface area contributed by atoms with Crippen LogP contribution in [0.25, 0.3) is 11.4 Å². The Morgan fingerprint density at radius 1 is 1.18 bits per heavy atom. The number of nitrogens with one attached hydrogen (secondary N) is 1. The van der Waals surface area contributed by atoms with E-state index in [0.717, 1.165) is 17.0 Å². The van der Waals surface area contributed by atoms with E-state index < -0.39 is 22.7 Å². The standard InChI is InChI=1S/C22H20ClF3N4O4/c1-30(12-18(31)27-14-5-8-17(23)16(11-14)22(24,25)26)20(32)10-9-19-28-21(29-34-19)13-3-6-15(33-2)7-4-13/h3-8,11H,9-10,12H2,1-2H3,(H,27,31). The number of rotatable bonds is 8. The van der Waals surface area contributed by atoms with Crippen LogP contribution in [0.1, 0.15) is 17.9 Å². The lowest BCUT2D eigenvalue weighted by molar-refractivity contribution is -0.137. The number of amides is 2. The minimum Gasteiger partial charge on any atom is -0.497 e. The molecular formula is C22H20ClF3N4O4. The summed E-state index contributed by atoms with van der Waals surface area (Å²) >= 11 is 5.57. The van der Waals surface area contributed by atoms with E-state index in [1.165, 1.54) is 13.1 Å². The second-order valence-electron chi connectivity index (χ2n) is 7.23. The van der Waals surface area contributed by atoms with Crippen molar-refractivity contribution in [3.63, 3.8) is 0 Å². The number of benzene rings is 2. The van der Waals surface area contributed by atoms with Crippen molar-refractivity contribution in [3.05, 3.63) is 58.9 Å². The number of hydrogen-bond donors (Lipinski definition) is 1. The van der Waals surface area contributed by atoms with E-state index in [-0.39, 0.29) is 36.9 Å². The van der Waals surface area contributed by atoms with Crippen molar-refractivity contribution in [1.29, 1.82) is 0 Å². The van der Waals surface area contributed by atoms with Gasteiger partial charge in [0.15, 0.2) is 0 Å². The molecule has 0 spiro atoms. The second-order valence-corrected chi connectivity index (χ2v) is 7.64. The summed E-state index contributed by atoms with van der Waals surface area (Å²) in [7, 11) is 2.96. The van der Waals surface area contributed by atoms with Gasteiger partial charge in [0.05, 0.1) is 24.2 Å². The summed E-state index contributed by atoms with van der Waals surface area (Å²) in [5, 5.41) is 5.74. The minimum atomic E-state index is -4.66. The first kappa shape index (κ1) is 25.0. The largest absolute Gasteiger partial charge is 0.497 e. The minimum absolute atomic E-state index is 0.00675. The molecule has 0 aliphatic carbocycles. The molecule has 12 heteroatoms. The lowest BCUT2D eigenvalue weighted by atomic mass is 10.2. The molecule has 0 aliphatic rings. The van der Waals surface area contributed by atoms with E-state index >= 15 is 0 Å². The molecule has 0 unspecified atom stereocenters. The fraction of sp³-hybridized carbons (Fsp3) is 0.273.